The molecule has 19 heavy (non-hydrogen) atoms. The molecule has 1 fully saturated rings. The molecule has 0 unspecified atom stereocenters. The van der Waals surface area contributed by atoms with Crippen LogP contribution in [0.2, 0.25) is 18.1 Å². The summed E-state index contributed by atoms with van der Waals surface area (Å²) in [5.74, 6) is 8.37. The monoisotopic (exact) mass is 280 g/mol. The predicted octanol–water partition coefficient (Wildman–Crippen LogP) is 5.23. The van der Waals surface area contributed by atoms with E-state index in [0.29, 0.717) is 11.0 Å². The lowest BCUT2D eigenvalue weighted by atomic mass is 9.83. The van der Waals surface area contributed by atoms with Crippen molar-refractivity contribution in [1.29, 1.82) is 0 Å². The summed E-state index contributed by atoms with van der Waals surface area (Å²) in [6.07, 6.45) is 6.23. The van der Waals surface area contributed by atoms with Gasteiger partial charge in [-0.25, -0.2) is 0 Å². The van der Waals surface area contributed by atoms with Crippen LogP contribution in [0.3, 0.4) is 0 Å². The molecule has 0 aliphatic heterocycles. The lowest BCUT2D eigenvalue weighted by Gasteiger charge is -2.35. The second-order valence-corrected chi connectivity index (χ2v) is 12.4. The van der Waals surface area contributed by atoms with Gasteiger partial charge in [0.15, 0.2) is 8.32 Å². The van der Waals surface area contributed by atoms with Crippen LogP contribution in [0.25, 0.3) is 0 Å². The predicted molar refractivity (Wildman–Crippen MR) is 86.7 cm³/mol. The maximum absolute atomic E-state index is 6.14. The van der Waals surface area contributed by atoms with Gasteiger partial charge >= 0.3 is 0 Å². The Morgan fingerprint density at radius 2 is 1.68 bits per heavy atom. The fourth-order valence-electron chi connectivity index (χ4n) is 2.19. The van der Waals surface area contributed by atoms with Gasteiger partial charge in [0.25, 0.3) is 0 Å². The topological polar surface area (TPSA) is 9.23 Å². The molecule has 0 bridgehead atoms. The van der Waals surface area contributed by atoms with E-state index in [0.717, 1.165) is 18.9 Å². The van der Waals surface area contributed by atoms with E-state index in [1.54, 1.807) is 0 Å². The van der Waals surface area contributed by atoms with Gasteiger partial charge in [-0.15, -0.1) is 5.92 Å². The summed E-state index contributed by atoms with van der Waals surface area (Å²) in [6.45, 7) is 14.6. The molecule has 1 nitrogen and oxygen atoms in total. The van der Waals surface area contributed by atoms with Crippen LogP contribution in [0, 0.1) is 23.7 Å². The summed E-state index contributed by atoms with van der Waals surface area (Å²) in [7, 11) is -1.57. The van der Waals surface area contributed by atoms with Crippen molar-refractivity contribution in [1.82, 2.24) is 0 Å². The highest BCUT2D eigenvalue weighted by molar-refractivity contribution is 6.74. The fourth-order valence-corrected chi connectivity index (χ4v) is 3.24. The van der Waals surface area contributed by atoms with Gasteiger partial charge in [0, 0.05) is 18.9 Å². The van der Waals surface area contributed by atoms with E-state index in [4.69, 9.17) is 4.43 Å². The van der Waals surface area contributed by atoms with Gasteiger partial charge in [-0.3, -0.25) is 0 Å². The standard InChI is InChI=1S/C17H32OSi/c1-15-10-12-16(13-11-15)9-7-8-14-18-19(5,6)17(2,3)4/h15-16H,8,10-14H2,1-6H3. The first-order valence-electron chi connectivity index (χ1n) is 7.85. The Labute approximate surface area is 121 Å². The van der Waals surface area contributed by atoms with E-state index in [1.807, 2.05) is 0 Å². The molecule has 0 radical (unpaired) electrons. The second kappa shape index (κ2) is 6.95. The minimum absolute atomic E-state index is 0.305. The quantitative estimate of drug-likeness (QED) is 0.391. The summed E-state index contributed by atoms with van der Waals surface area (Å²) in [5, 5.41) is 0.305. The molecule has 0 atom stereocenters. The van der Waals surface area contributed by atoms with Gasteiger partial charge < -0.3 is 4.43 Å². The van der Waals surface area contributed by atoms with E-state index < -0.39 is 8.32 Å². The normalized spacial score (nSPS) is 24.7. The van der Waals surface area contributed by atoms with Gasteiger partial charge in [-0.2, -0.15) is 0 Å². The zero-order chi connectivity index (χ0) is 14.5. The lowest BCUT2D eigenvalue weighted by Crippen LogP contribution is -2.40. The smallest absolute Gasteiger partial charge is 0.192 e. The van der Waals surface area contributed by atoms with Crippen LogP contribution in [-0.4, -0.2) is 14.9 Å². The van der Waals surface area contributed by atoms with E-state index in [2.05, 4.69) is 52.6 Å². The highest BCUT2D eigenvalue weighted by Crippen LogP contribution is 2.36. The largest absolute Gasteiger partial charge is 0.416 e. The van der Waals surface area contributed by atoms with E-state index in [9.17, 15) is 0 Å². The minimum Gasteiger partial charge on any atom is -0.416 e. The van der Waals surface area contributed by atoms with Crippen LogP contribution < -0.4 is 0 Å². The Balaban J connectivity index is 2.25. The van der Waals surface area contributed by atoms with Crippen molar-refractivity contribution in [2.24, 2.45) is 11.8 Å². The molecule has 0 aromatic carbocycles. The Morgan fingerprint density at radius 1 is 1.11 bits per heavy atom. The first-order chi connectivity index (χ1) is 8.72. The fraction of sp³-hybridized carbons (Fsp3) is 0.882. The molecule has 0 spiro atoms. The Kier molecular flexibility index (Phi) is 6.14. The molecule has 0 aromatic heterocycles. The average Bonchev–Trinajstić information content (AvgIpc) is 2.29. The van der Waals surface area contributed by atoms with Gasteiger partial charge in [-0.1, -0.05) is 33.6 Å². The van der Waals surface area contributed by atoms with Gasteiger partial charge in [-0.05, 0) is 49.7 Å². The summed E-state index contributed by atoms with van der Waals surface area (Å²) in [6, 6.07) is 0. The molecule has 0 heterocycles. The third-order valence-corrected chi connectivity index (χ3v) is 9.36. The maximum Gasteiger partial charge on any atom is 0.192 e. The summed E-state index contributed by atoms with van der Waals surface area (Å²) in [5.41, 5.74) is 0. The number of hydrogen-bond donors (Lipinski definition) is 0. The first kappa shape index (κ1) is 16.8. The molecular formula is C17H32OSi. The zero-order valence-corrected chi connectivity index (χ0v) is 14.8. The lowest BCUT2D eigenvalue weighted by molar-refractivity contribution is 0.296. The molecule has 2 heteroatoms. The van der Waals surface area contributed by atoms with Crippen LogP contribution in [0.4, 0.5) is 0 Å². The molecule has 0 amide bonds. The Morgan fingerprint density at radius 3 is 2.21 bits per heavy atom. The van der Waals surface area contributed by atoms with Gasteiger partial charge in [0.05, 0.1) is 0 Å². The molecule has 110 valence electrons. The highest BCUT2D eigenvalue weighted by Gasteiger charge is 2.36. The SMILES string of the molecule is CC1CCC(C#CCCO[Si](C)(C)C(C)(C)C)CC1. The molecule has 1 saturated carbocycles. The molecular weight excluding hydrogens is 248 g/mol. The second-order valence-electron chi connectivity index (χ2n) is 7.64. The average molecular weight is 281 g/mol. The van der Waals surface area contributed by atoms with Crippen LogP contribution in [-0.2, 0) is 4.43 Å². The minimum atomic E-state index is -1.57. The van der Waals surface area contributed by atoms with Crippen molar-refractivity contribution in [2.75, 3.05) is 6.61 Å². The summed E-state index contributed by atoms with van der Waals surface area (Å²) >= 11 is 0. The molecule has 0 N–H and O–H groups in total. The van der Waals surface area contributed by atoms with Crippen molar-refractivity contribution in [3.05, 3.63) is 0 Å². The molecule has 0 saturated heterocycles. The highest BCUT2D eigenvalue weighted by atomic mass is 28.4. The van der Waals surface area contributed by atoms with Gasteiger partial charge in [0.2, 0.25) is 0 Å². The van der Waals surface area contributed by atoms with Crippen molar-refractivity contribution >= 4 is 8.32 Å². The van der Waals surface area contributed by atoms with E-state index in [1.165, 1.54) is 25.7 Å². The Hall–Kier alpha value is -0.263. The van der Waals surface area contributed by atoms with E-state index in [-0.39, 0.29) is 0 Å². The van der Waals surface area contributed by atoms with Crippen molar-refractivity contribution in [3.63, 3.8) is 0 Å². The van der Waals surface area contributed by atoms with Crippen LogP contribution in [0.5, 0.6) is 0 Å². The summed E-state index contributed by atoms with van der Waals surface area (Å²) in [4.78, 5) is 0. The maximum atomic E-state index is 6.14. The Bertz CT molecular complexity index is 321. The first-order valence-corrected chi connectivity index (χ1v) is 10.8. The third kappa shape index (κ3) is 5.71. The van der Waals surface area contributed by atoms with Crippen molar-refractivity contribution < 1.29 is 4.43 Å². The van der Waals surface area contributed by atoms with Gasteiger partial charge in [0.1, 0.15) is 0 Å². The van der Waals surface area contributed by atoms with Crippen LogP contribution in [0.15, 0.2) is 0 Å². The molecule has 1 aliphatic carbocycles. The molecule has 1 rings (SSSR count). The zero-order valence-electron chi connectivity index (χ0n) is 13.8. The van der Waals surface area contributed by atoms with Crippen molar-refractivity contribution in [3.8, 4) is 11.8 Å². The molecule has 0 aromatic rings. The van der Waals surface area contributed by atoms with Crippen molar-refractivity contribution in [2.45, 2.75) is 77.9 Å². The third-order valence-electron chi connectivity index (χ3n) is 4.82. The molecule has 1 aliphatic rings. The summed E-state index contributed by atoms with van der Waals surface area (Å²) < 4.78 is 6.14. The number of hydrogen-bond acceptors (Lipinski definition) is 1. The van der Waals surface area contributed by atoms with Crippen LogP contribution >= 0.6 is 0 Å². The van der Waals surface area contributed by atoms with Crippen LogP contribution in [0.1, 0.15) is 59.8 Å². The van der Waals surface area contributed by atoms with E-state index >= 15 is 0 Å². The number of rotatable bonds is 3.